The summed E-state index contributed by atoms with van der Waals surface area (Å²) in [5, 5.41) is 0.615. The molecule has 2 aromatic rings. The van der Waals surface area contributed by atoms with E-state index in [4.69, 9.17) is 16.3 Å². The van der Waals surface area contributed by atoms with Crippen LogP contribution < -0.4 is 9.46 Å². The number of sulfonamides is 1. The lowest BCUT2D eigenvalue weighted by atomic mass is 10.1. The molecule has 0 amide bonds. The van der Waals surface area contributed by atoms with Crippen molar-refractivity contribution in [3.05, 3.63) is 58.6 Å². The third-order valence-corrected chi connectivity index (χ3v) is 5.17. The number of aryl methyl sites for hydroxylation is 1. The van der Waals surface area contributed by atoms with Crippen molar-refractivity contribution in [1.29, 1.82) is 0 Å². The lowest BCUT2D eigenvalue weighted by molar-refractivity contribution is 0.411. The second-order valence-electron chi connectivity index (χ2n) is 5.03. The number of rotatable bonds is 5. The molecule has 0 radical (unpaired) electrons. The zero-order chi connectivity index (χ0) is 16.3. The van der Waals surface area contributed by atoms with Crippen LogP contribution in [-0.2, 0) is 10.0 Å². The smallest absolute Gasteiger partial charge is 0.241 e. The summed E-state index contributed by atoms with van der Waals surface area (Å²) in [6, 6.07) is 11.5. The van der Waals surface area contributed by atoms with E-state index in [9.17, 15) is 8.42 Å². The molecule has 0 aliphatic rings. The van der Waals surface area contributed by atoms with Crippen molar-refractivity contribution in [2.24, 2.45) is 0 Å². The van der Waals surface area contributed by atoms with Crippen LogP contribution in [0.4, 0.5) is 0 Å². The summed E-state index contributed by atoms with van der Waals surface area (Å²) in [5.74, 6) is 0.657. The molecule has 0 fully saturated rings. The Morgan fingerprint density at radius 2 is 1.77 bits per heavy atom. The predicted molar refractivity (Wildman–Crippen MR) is 87.9 cm³/mol. The van der Waals surface area contributed by atoms with Crippen LogP contribution in [0.5, 0.6) is 5.75 Å². The molecule has 0 saturated heterocycles. The third kappa shape index (κ3) is 3.80. The monoisotopic (exact) mass is 339 g/mol. The molecule has 0 aliphatic heterocycles. The van der Waals surface area contributed by atoms with Gasteiger partial charge in [0.15, 0.2) is 0 Å². The predicted octanol–water partition coefficient (Wildman–Crippen LogP) is 3.70. The Balaban J connectivity index is 2.23. The van der Waals surface area contributed by atoms with Gasteiger partial charge in [-0.25, -0.2) is 13.1 Å². The topological polar surface area (TPSA) is 55.4 Å². The van der Waals surface area contributed by atoms with Gasteiger partial charge in [0, 0.05) is 11.1 Å². The fraction of sp³-hybridized carbons (Fsp3) is 0.250. The zero-order valence-corrected chi connectivity index (χ0v) is 14.2. The van der Waals surface area contributed by atoms with Gasteiger partial charge in [-0.1, -0.05) is 23.7 Å². The molecule has 0 unspecified atom stereocenters. The summed E-state index contributed by atoms with van der Waals surface area (Å²) in [6.07, 6.45) is 0. The Kier molecular flexibility index (Phi) is 5.11. The van der Waals surface area contributed by atoms with Crippen LogP contribution in [0.3, 0.4) is 0 Å². The zero-order valence-electron chi connectivity index (χ0n) is 12.6. The van der Waals surface area contributed by atoms with Crippen molar-refractivity contribution in [3.8, 4) is 5.75 Å². The van der Waals surface area contributed by atoms with Crippen LogP contribution >= 0.6 is 11.6 Å². The molecular weight excluding hydrogens is 322 g/mol. The summed E-state index contributed by atoms with van der Waals surface area (Å²) in [6.45, 7) is 3.59. The van der Waals surface area contributed by atoms with E-state index in [1.54, 1.807) is 57.4 Å². The van der Waals surface area contributed by atoms with Crippen LogP contribution in [0.25, 0.3) is 0 Å². The van der Waals surface area contributed by atoms with E-state index in [1.807, 2.05) is 0 Å². The molecule has 0 heterocycles. The molecule has 0 spiro atoms. The first-order valence-electron chi connectivity index (χ1n) is 6.76. The van der Waals surface area contributed by atoms with E-state index < -0.39 is 10.0 Å². The number of benzene rings is 2. The van der Waals surface area contributed by atoms with Crippen LogP contribution in [0.2, 0.25) is 5.02 Å². The molecule has 1 atom stereocenters. The number of methoxy groups -OCH3 is 1. The minimum absolute atomic E-state index is 0.214. The molecule has 1 N–H and O–H groups in total. The third-order valence-electron chi connectivity index (χ3n) is 3.38. The van der Waals surface area contributed by atoms with Gasteiger partial charge in [0.05, 0.1) is 12.0 Å². The van der Waals surface area contributed by atoms with E-state index >= 15 is 0 Å². The van der Waals surface area contributed by atoms with Gasteiger partial charge in [-0.3, -0.25) is 0 Å². The molecule has 0 bridgehead atoms. The fourth-order valence-corrected chi connectivity index (χ4v) is 3.58. The largest absolute Gasteiger partial charge is 0.496 e. The summed E-state index contributed by atoms with van der Waals surface area (Å²) >= 11 is 5.84. The second kappa shape index (κ2) is 6.69. The van der Waals surface area contributed by atoms with Crippen LogP contribution in [0.1, 0.15) is 24.1 Å². The van der Waals surface area contributed by atoms with Crippen molar-refractivity contribution in [2.75, 3.05) is 7.11 Å². The molecule has 118 valence electrons. The molecule has 4 nitrogen and oxygen atoms in total. The highest BCUT2D eigenvalue weighted by atomic mass is 35.5. The Bertz CT molecular complexity index is 757. The Morgan fingerprint density at radius 1 is 1.14 bits per heavy atom. The summed E-state index contributed by atoms with van der Waals surface area (Å²) in [5.41, 5.74) is 1.61. The van der Waals surface area contributed by atoms with Gasteiger partial charge in [-0.2, -0.15) is 0 Å². The molecular formula is C16H18ClNO3S. The molecule has 0 aliphatic carbocycles. The number of hydrogen-bond donors (Lipinski definition) is 1. The van der Waals surface area contributed by atoms with E-state index in [2.05, 4.69) is 4.72 Å². The maximum Gasteiger partial charge on any atom is 0.241 e. The molecule has 0 saturated carbocycles. The van der Waals surface area contributed by atoms with E-state index in [1.165, 1.54) is 6.07 Å². The quantitative estimate of drug-likeness (QED) is 0.903. The van der Waals surface area contributed by atoms with E-state index in [0.717, 1.165) is 11.1 Å². The van der Waals surface area contributed by atoms with Crippen molar-refractivity contribution in [1.82, 2.24) is 4.72 Å². The van der Waals surface area contributed by atoms with Crippen LogP contribution in [-0.4, -0.2) is 15.5 Å². The maximum absolute atomic E-state index is 12.5. The van der Waals surface area contributed by atoms with Gasteiger partial charge in [-0.05, 0) is 55.3 Å². The van der Waals surface area contributed by atoms with Gasteiger partial charge in [0.25, 0.3) is 0 Å². The summed E-state index contributed by atoms with van der Waals surface area (Å²) in [4.78, 5) is 0.214. The summed E-state index contributed by atoms with van der Waals surface area (Å²) in [7, 11) is -2.05. The average molecular weight is 340 g/mol. The summed E-state index contributed by atoms with van der Waals surface area (Å²) < 4.78 is 32.7. The lowest BCUT2D eigenvalue weighted by Gasteiger charge is -2.15. The van der Waals surface area contributed by atoms with Gasteiger partial charge < -0.3 is 4.74 Å². The van der Waals surface area contributed by atoms with Gasteiger partial charge in [0.2, 0.25) is 10.0 Å². The molecule has 0 aromatic heterocycles. The average Bonchev–Trinajstić information content (AvgIpc) is 2.47. The molecule has 2 aromatic carbocycles. The van der Waals surface area contributed by atoms with Gasteiger partial charge in [0.1, 0.15) is 5.75 Å². The van der Waals surface area contributed by atoms with Gasteiger partial charge in [-0.15, -0.1) is 0 Å². The van der Waals surface area contributed by atoms with E-state index in [-0.39, 0.29) is 10.9 Å². The maximum atomic E-state index is 12.5. The first-order valence-corrected chi connectivity index (χ1v) is 8.62. The number of ether oxygens (including phenoxy) is 1. The number of hydrogen-bond acceptors (Lipinski definition) is 3. The highest BCUT2D eigenvalue weighted by Gasteiger charge is 2.19. The highest BCUT2D eigenvalue weighted by molar-refractivity contribution is 7.89. The van der Waals surface area contributed by atoms with Crippen LogP contribution in [0.15, 0.2) is 47.4 Å². The Labute approximate surface area is 136 Å². The van der Waals surface area contributed by atoms with Crippen molar-refractivity contribution in [2.45, 2.75) is 24.8 Å². The Morgan fingerprint density at radius 3 is 2.32 bits per heavy atom. The lowest BCUT2D eigenvalue weighted by Crippen LogP contribution is -2.26. The minimum Gasteiger partial charge on any atom is -0.496 e. The fourth-order valence-electron chi connectivity index (χ4n) is 2.14. The molecule has 22 heavy (non-hydrogen) atoms. The molecule has 6 heteroatoms. The first kappa shape index (κ1) is 16.8. The Hall–Kier alpha value is -1.56. The number of halogens is 1. The van der Waals surface area contributed by atoms with Gasteiger partial charge >= 0.3 is 0 Å². The first-order chi connectivity index (χ1) is 10.3. The van der Waals surface area contributed by atoms with Crippen molar-refractivity contribution < 1.29 is 13.2 Å². The van der Waals surface area contributed by atoms with Crippen LogP contribution in [0, 0.1) is 6.92 Å². The molecule has 2 rings (SSSR count). The number of nitrogens with one attached hydrogen (secondary N) is 1. The standard InChI is InChI=1S/C16H18ClNO3S/c1-11-10-15(8-9-16(11)21-3)22(19,20)18-12(2)13-4-6-14(17)7-5-13/h4-10,12,18H,1-3H3/t12-/m0/s1. The van der Waals surface area contributed by atoms with Crippen molar-refractivity contribution >= 4 is 21.6 Å². The highest BCUT2D eigenvalue weighted by Crippen LogP contribution is 2.23. The second-order valence-corrected chi connectivity index (χ2v) is 7.18. The normalized spacial score (nSPS) is 12.9. The SMILES string of the molecule is COc1ccc(S(=O)(=O)N[C@@H](C)c2ccc(Cl)cc2)cc1C. The van der Waals surface area contributed by atoms with Crippen molar-refractivity contribution in [3.63, 3.8) is 0 Å². The minimum atomic E-state index is -3.60. The van der Waals surface area contributed by atoms with E-state index in [0.29, 0.717) is 10.8 Å².